The Balaban J connectivity index is 1.57. The molecule has 5 heteroatoms. The van der Waals surface area contributed by atoms with E-state index in [1.54, 1.807) is 4.88 Å². The molecule has 2 heterocycles. The van der Waals surface area contributed by atoms with E-state index in [0.29, 0.717) is 11.8 Å². The van der Waals surface area contributed by atoms with Crippen molar-refractivity contribution in [3.8, 4) is 0 Å². The van der Waals surface area contributed by atoms with E-state index in [-0.39, 0.29) is 6.10 Å². The summed E-state index contributed by atoms with van der Waals surface area (Å²) in [6, 6.07) is 0. The number of aliphatic hydroxyl groups excluding tert-OH is 1. The Bertz CT molecular complexity index is 777. The van der Waals surface area contributed by atoms with Crippen molar-refractivity contribution in [2.24, 2.45) is 5.92 Å². The van der Waals surface area contributed by atoms with Crippen LogP contribution in [0.15, 0.2) is 0 Å². The number of aromatic nitrogens is 2. The average molecular weight is 343 g/mol. The van der Waals surface area contributed by atoms with Crippen molar-refractivity contribution in [1.82, 2.24) is 9.97 Å². The molecule has 2 aromatic heterocycles. The highest BCUT2D eigenvalue weighted by molar-refractivity contribution is 7.19. The van der Waals surface area contributed by atoms with Gasteiger partial charge in [-0.15, -0.1) is 11.3 Å². The highest BCUT2D eigenvalue weighted by atomic mass is 32.1. The summed E-state index contributed by atoms with van der Waals surface area (Å²) >= 11 is 1.91. The molecule has 0 aliphatic heterocycles. The highest BCUT2D eigenvalue weighted by Crippen LogP contribution is 2.44. The van der Waals surface area contributed by atoms with Gasteiger partial charge >= 0.3 is 0 Å². The molecule has 2 saturated carbocycles. The maximum Gasteiger partial charge on any atom is 0.141 e. The van der Waals surface area contributed by atoms with Crippen molar-refractivity contribution >= 4 is 27.4 Å². The Kier molecular flexibility index (Phi) is 3.56. The van der Waals surface area contributed by atoms with Gasteiger partial charge in [-0.25, -0.2) is 9.97 Å². The van der Waals surface area contributed by atoms with E-state index in [9.17, 15) is 5.11 Å². The maximum absolute atomic E-state index is 9.58. The van der Waals surface area contributed by atoms with Gasteiger partial charge in [-0.1, -0.05) is 0 Å². The number of aryl methyl sites for hydroxylation is 2. The van der Waals surface area contributed by atoms with Gasteiger partial charge < -0.3 is 10.0 Å². The van der Waals surface area contributed by atoms with Crippen molar-refractivity contribution in [2.45, 2.75) is 63.4 Å². The first kappa shape index (κ1) is 15.1. The second kappa shape index (κ2) is 5.67. The Labute approximate surface area is 146 Å². The van der Waals surface area contributed by atoms with Crippen molar-refractivity contribution in [2.75, 3.05) is 18.5 Å². The number of anilines is 1. The van der Waals surface area contributed by atoms with Crippen molar-refractivity contribution in [3.05, 3.63) is 16.3 Å². The lowest BCUT2D eigenvalue weighted by Crippen LogP contribution is -2.37. The molecule has 3 aliphatic rings. The van der Waals surface area contributed by atoms with E-state index >= 15 is 0 Å². The van der Waals surface area contributed by atoms with E-state index in [2.05, 4.69) is 11.9 Å². The number of aliphatic hydroxyl groups is 1. The summed E-state index contributed by atoms with van der Waals surface area (Å²) < 4.78 is 0. The minimum Gasteiger partial charge on any atom is -0.393 e. The minimum atomic E-state index is -0.0789. The molecule has 4 nitrogen and oxygen atoms in total. The van der Waals surface area contributed by atoms with Crippen LogP contribution in [-0.2, 0) is 12.8 Å². The predicted molar refractivity (Wildman–Crippen MR) is 98.0 cm³/mol. The van der Waals surface area contributed by atoms with Crippen LogP contribution in [-0.4, -0.2) is 34.8 Å². The van der Waals surface area contributed by atoms with Gasteiger partial charge in [0.2, 0.25) is 0 Å². The smallest absolute Gasteiger partial charge is 0.141 e. The topological polar surface area (TPSA) is 49.2 Å². The summed E-state index contributed by atoms with van der Waals surface area (Å²) in [6.45, 7) is 0.998. The Morgan fingerprint density at radius 2 is 1.96 bits per heavy atom. The Hall–Kier alpha value is -1.20. The van der Waals surface area contributed by atoms with Gasteiger partial charge in [-0.2, -0.15) is 0 Å². The van der Waals surface area contributed by atoms with E-state index in [1.807, 2.05) is 11.3 Å². The van der Waals surface area contributed by atoms with E-state index < -0.39 is 0 Å². The van der Waals surface area contributed by atoms with Crippen molar-refractivity contribution in [3.63, 3.8) is 0 Å². The normalized spacial score (nSPS) is 26.2. The van der Waals surface area contributed by atoms with Crippen LogP contribution in [0.1, 0.15) is 60.7 Å². The van der Waals surface area contributed by atoms with Crippen LogP contribution in [0, 0.1) is 5.92 Å². The number of hydrogen-bond acceptors (Lipinski definition) is 5. The number of nitrogens with zero attached hydrogens (tertiary/aromatic N) is 3. The second-order valence-electron chi connectivity index (χ2n) is 7.94. The van der Waals surface area contributed by atoms with Crippen LogP contribution in [0.3, 0.4) is 0 Å². The molecule has 3 aliphatic carbocycles. The lowest BCUT2D eigenvalue weighted by Gasteiger charge is -2.35. The zero-order valence-corrected chi connectivity index (χ0v) is 15.1. The lowest BCUT2D eigenvalue weighted by molar-refractivity contribution is 0.0464. The molecule has 2 fully saturated rings. The molecule has 1 N–H and O–H groups in total. The molecule has 0 atom stereocenters. The van der Waals surface area contributed by atoms with Crippen LogP contribution in [0.5, 0.6) is 0 Å². The highest BCUT2D eigenvalue weighted by Gasteiger charge is 2.32. The summed E-state index contributed by atoms with van der Waals surface area (Å²) in [5.41, 5.74) is 1.53. The second-order valence-corrected chi connectivity index (χ2v) is 9.03. The number of fused-ring (bicyclic) bond motifs is 3. The van der Waals surface area contributed by atoms with Crippen LogP contribution < -0.4 is 4.90 Å². The third kappa shape index (κ3) is 2.53. The fourth-order valence-corrected chi connectivity index (χ4v) is 5.54. The van der Waals surface area contributed by atoms with E-state index in [1.165, 1.54) is 54.3 Å². The molecule has 24 heavy (non-hydrogen) atoms. The van der Waals surface area contributed by atoms with E-state index in [0.717, 1.165) is 31.0 Å². The van der Waals surface area contributed by atoms with Gasteiger partial charge in [0.25, 0.3) is 0 Å². The first-order valence-electron chi connectivity index (χ1n) is 9.40. The van der Waals surface area contributed by atoms with Gasteiger partial charge in [0.05, 0.1) is 11.5 Å². The van der Waals surface area contributed by atoms with Crippen molar-refractivity contribution < 1.29 is 5.11 Å². The lowest BCUT2D eigenvalue weighted by atomic mass is 9.82. The molecule has 0 radical (unpaired) electrons. The standard InChI is InChI=1S/C19H25N3OS/c1-22(10-11-8-13(23)9-11)18-16-14-4-2-3-5-15(14)24-19(16)21-17(20-18)12-6-7-12/h11-13,23H,2-10H2,1H3. The van der Waals surface area contributed by atoms with Crippen LogP contribution in [0.4, 0.5) is 5.82 Å². The molecule has 2 aromatic rings. The van der Waals surface area contributed by atoms with Crippen LogP contribution >= 0.6 is 11.3 Å². The Morgan fingerprint density at radius 1 is 1.17 bits per heavy atom. The average Bonchev–Trinajstić information content (AvgIpc) is 3.33. The first-order chi connectivity index (χ1) is 11.7. The van der Waals surface area contributed by atoms with Gasteiger partial charge in [0, 0.05) is 24.4 Å². The third-order valence-electron chi connectivity index (χ3n) is 5.86. The fourth-order valence-electron chi connectivity index (χ4n) is 4.28. The molecule has 0 unspecified atom stereocenters. The Morgan fingerprint density at radius 3 is 2.71 bits per heavy atom. The van der Waals surface area contributed by atoms with E-state index in [4.69, 9.17) is 9.97 Å². The fraction of sp³-hybridized carbons (Fsp3) is 0.684. The molecule has 0 amide bonds. The molecule has 0 bridgehead atoms. The van der Waals surface area contributed by atoms with Crippen LogP contribution in [0.25, 0.3) is 10.2 Å². The van der Waals surface area contributed by atoms with Crippen molar-refractivity contribution in [1.29, 1.82) is 0 Å². The maximum atomic E-state index is 9.58. The van der Waals surface area contributed by atoms with Gasteiger partial charge in [-0.3, -0.25) is 0 Å². The SMILES string of the molecule is CN(CC1CC(O)C1)c1nc(C2CC2)nc2sc3c(c12)CCCC3. The largest absolute Gasteiger partial charge is 0.393 e. The molecule has 0 aromatic carbocycles. The predicted octanol–water partition coefficient (Wildman–Crippen LogP) is 3.65. The molecule has 0 saturated heterocycles. The first-order valence-corrected chi connectivity index (χ1v) is 10.2. The van der Waals surface area contributed by atoms with Gasteiger partial charge in [-0.05, 0) is 62.8 Å². The molecular weight excluding hydrogens is 318 g/mol. The molecule has 5 rings (SSSR count). The zero-order valence-electron chi connectivity index (χ0n) is 14.3. The number of thiophene rings is 1. The monoisotopic (exact) mass is 343 g/mol. The molecule has 128 valence electrons. The summed E-state index contributed by atoms with van der Waals surface area (Å²) in [5.74, 6) is 3.42. The summed E-state index contributed by atoms with van der Waals surface area (Å²) in [4.78, 5) is 15.1. The summed E-state index contributed by atoms with van der Waals surface area (Å²) in [5, 5.41) is 10.9. The molecular formula is C19H25N3OS. The number of rotatable bonds is 4. The number of hydrogen-bond donors (Lipinski definition) is 1. The summed E-state index contributed by atoms with van der Waals surface area (Å²) in [7, 11) is 2.18. The van der Waals surface area contributed by atoms with Gasteiger partial charge in [0.1, 0.15) is 16.5 Å². The van der Waals surface area contributed by atoms with Crippen LogP contribution in [0.2, 0.25) is 0 Å². The zero-order chi connectivity index (χ0) is 16.3. The molecule has 0 spiro atoms. The minimum absolute atomic E-state index is 0.0789. The van der Waals surface area contributed by atoms with Gasteiger partial charge in [0.15, 0.2) is 0 Å². The summed E-state index contributed by atoms with van der Waals surface area (Å²) in [6.07, 6.45) is 9.30. The quantitative estimate of drug-likeness (QED) is 0.920. The third-order valence-corrected chi connectivity index (χ3v) is 7.05.